The Balaban J connectivity index is 1.83. The Labute approximate surface area is 112 Å². The molecule has 0 atom stereocenters. The molecule has 1 aliphatic rings. The molecule has 0 unspecified atom stereocenters. The molecule has 1 saturated heterocycles. The summed E-state index contributed by atoms with van der Waals surface area (Å²) >= 11 is 0. The van der Waals surface area contributed by atoms with Crippen LogP contribution in [0.1, 0.15) is 5.82 Å². The van der Waals surface area contributed by atoms with E-state index in [0.29, 0.717) is 6.61 Å². The lowest BCUT2D eigenvalue weighted by Crippen LogP contribution is -2.43. The van der Waals surface area contributed by atoms with Gasteiger partial charge in [0.25, 0.3) is 0 Å². The minimum absolute atomic E-state index is 0.654. The van der Waals surface area contributed by atoms with Crippen LogP contribution in [-0.4, -0.2) is 54.5 Å². The summed E-state index contributed by atoms with van der Waals surface area (Å²) in [6.07, 6.45) is 2.73. The maximum atomic E-state index is 5.06. The monoisotopic (exact) mass is 261 g/mol. The number of rotatable bonds is 4. The van der Waals surface area contributed by atoms with Crippen molar-refractivity contribution in [2.45, 2.75) is 6.42 Å². The third-order valence-corrected chi connectivity index (χ3v) is 3.38. The number of piperazine rings is 1. The summed E-state index contributed by atoms with van der Waals surface area (Å²) in [5, 5.41) is 7.79. The predicted octanol–water partition coefficient (Wildman–Crippen LogP) is 0.328. The molecule has 0 amide bonds. The van der Waals surface area contributed by atoms with Crippen molar-refractivity contribution < 1.29 is 4.74 Å². The summed E-state index contributed by atoms with van der Waals surface area (Å²) in [6.45, 7) is 4.82. The van der Waals surface area contributed by atoms with Gasteiger partial charge in [0.2, 0.25) is 0 Å². The van der Waals surface area contributed by atoms with E-state index < -0.39 is 0 Å². The van der Waals surface area contributed by atoms with Gasteiger partial charge in [-0.3, -0.25) is 0 Å². The largest absolute Gasteiger partial charge is 0.384 e. The first kappa shape index (κ1) is 12.4. The topological polar surface area (TPSA) is 54.7 Å². The second kappa shape index (κ2) is 5.54. The SMILES string of the molecule is COCCc1nc2cc(N3CCNCC3)ccn2n1. The molecule has 1 aliphatic heterocycles. The molecule has 1 N–H and O–H groups in total. The molecule has 102 valence electrons. The average Bonchev–Trinajstić information content (AvgIpc) is 2.87. The van der Waals surface area contributed by atoms with Gasteiger partial charge in [0.05, 0.1) is 6.61 Å². The molecule has 0 saturated carbocycles. The molecule has 3 heterocycles. The van der Waals surface area contributed by atoms with E-state index >= 15 is 0 Å². The van der Waals surface area contributed by atoms with Crippen LogP contribution >= 0.6 is 0 Å². The predicted molar refractivity (Wildman–Crippen MR) is 73.6 cm³/mol. The van der Waals surface area contributed by atoms with Gasteiger partial charge in [0.1, 0.15) is 0 Å². The summed E-state index contributed by atoms with van der Waals surface area (Å²) in [6, 6.07) is 4.21. The molecule has 0 radical (unpaired) electrons. The highest BCUT2D eigenvalue weighted by atomic mass is 16.5. The van der Waals surface area contributed by atoms with E-state index in [1.807, 2.05) is 10.7 Å². The Bertz CT molecular complexity index is 547. The van der Waals surface area contributed by atoms with Gasteiger partial charge in [0, 0.05) is 57.7 Å². The second-order valence-electron chi connectivity index (χ2n) is 4.70. The smallest absolute Gasteiger partial charge is 0.157 e. The van der Waals surface area contributed by atoms with Crippen molar-refractivity contribution in [3.05, 3.63) is 24.2 Å². The number of aromatic nitrogens is 3. The van der Waals surface area contributed by atoms with Crippen molar-refractivity contribution in [3.63, 3.8) is 0 Å². The fraction of sp³-hybridized carbons (Fsp3) is 0.538. The van der Waals surface area contributed by atoms with Crippen molar-refractivity contribution in [2.75, 3.05) is 44.8 Å². The molecule has 3 rings (SSSR count). The lowest BCUT2D eigenvalue weighted by molar-refractivity contribution is 0.200. The van der Waals surface area contributed by atoms with Gasteiger partial charge >= 0.3 is 0 Å². The standard InChI is InChI=1S/C13H19N5O/c1-19-9-3-12-15-13-10-11(2-6-18(13)16-12)17-7-4-14-5-8-17/h2,6,10,14H,3-5,7-9H2,1H3. The molecule has 0 aromatic carbocycles. The van der Waals surface area contributed by atoms with Crippen molar-refractivity contribution in [1.29, 1.82) is 0 Å². The number of nitrogens with zero attached hydrogens (tertiary/aromatic N) is 4. The first-order valence-corrected chi connectivity index (χ1v) is 6.67. The highest BCUT2D eigenvalue weighted by Crippen LogP contribution is 2.16. The molecule has 19 heavy (non-hydrogen) atoms. The first-order chi connectivity index (χ1) is 9.36. The van der Waals surface area contributed by atoms with Crippen molar-refractivity contribution in [2.24, 2.45) is 0 Å². The minimum Gasteiger partial charge on any atom is -0.384 e. The lowest BCUT2D eigenvalue weighted by atomic mass is 10.3. The van der Waals surface area contributed by atoms with E-state index in [4.69, 9.17) is 4.74 Å². The molecule has 0 aliphatic carbocycles. The van der Waals surface area contributed by atoms with Gasteiger partial charge in [0.15, 0.2) is 11.5 Å². The third kappa shape index (κ3) is 2.69. The lowest BCUT2D eigenvalue weighted by Gasteiger charge is -2.29. The summed E-state index contributed by atoms with van der Waals surface area (Å²) in [5.74, 6) is 0.833. The summed E-state index contributed by atoms with van der Waals surface area (Å²) in [4.78, 5) is 6.91. The maximum Gasteiger partial charge on any atom is 0.157 e. The van der Waals surface area contributed by atoms with Crippen LogP contribution in [0, 0.1) is 0 Å². The number of anilines is 1. The van der Waals surface area contributed by atoms with E-state index in [-0.39, 0.29) is 0 Å². The minimum atomic E-state index is 0.654. The van der Waals surface area contributed by atoms with Crippen molar-refractivity contribution in [1.82, 2.24) is 19.9 Å². The van der Waals surface area contributed by atoms with Crippen LogP contribution in [0.3, 0.4) is 0 Å². The molecule has 1 fully saturated rings. The molecular formula is C13H19N5O. The Kier molecular flexibility index (Phi) is 3.61. The van der Waals surface area contributed by atoms with Gasteiger partial charge in [-0.05, 0) is 6.07 Å². The van der Waals surface area contributed by atoms with E-state index in [1.165, 1.54) is 5.69 Å². The molecular weight excluding hydrogens is 242 g/mol. The van der Waals surface area contributed by atoms with Crippen LogP contribution in [0.4, 0.5) is 5.69 Å². The Hall–Kier alpha value is -1.66. The van der Waals surface area contributed by atoms with E-state index in [1.54, 1.807) is 7.11 Å². The van der Waals surface area contributed by atoms with Crippen molar-refractivity contribution >= 4 is 11.3 Å². The van der Waals surface area contributed by atoms with Crippen LogP contribution in [0.2, 0.25) is 0 Å². The Morgan fingerprint density at radius 3 is 3.00 bits per heavy atom. The van der Waals surface area contributed by atoms with Crippen molar-refractivity contribution in [3.8, 4) is 0 Å². The van der Waals surface area contributed by atoms with Gasteiger partial charge < -0.3 is 15.0 Å². The van der Waals surface area contributed by atoms with E-state index in [2.05, 4.69) is 32.4 Å². The van der Waals surface area contributed by atoms with Crippen LogP contribution in [0.5, 0.6) is 0 Å². The number of ether oxygens (including phenoxy) is 1. The number of hydrogen-bond acceptors (Lipinski definition) is 5. The number of methoxy groups -OCH3 is 1. The zero-order valence-electron chi connectivity index (χ0n) is 11.2. The highest BCUT2D eigenvalue weighted by molar-refractivity contribution is 5.56. The molecule has 2 aromatic rings. The highest BCUT2D eigenvalue weighted by Gasteiger charge is 2.12. The summed E-state index contributed by atoms with van der Waals surface area (Å²) in [7, 11) is 1.69. The van der Waals surface area contributed by atoms with Crippen LogP contribution in [-0.2, 0) is 11.2 Å². The summed E-state index contributed by atoms with van der Waals surface area (Å²) in [5.41, 5.74) is 2.13. The number of pyridine rings is 1. The third-order valence-electron chi connectivity index (χ3n) is 3.38. The zero-order chi connectivity index (χ0) is 13.1. The number of nitrogens with one attached hydrogen (secondary N) is 1. The molecule has 0 bridgehead atoms. The molecule has 0 spiro atoms. The van der Waals surface area contributed by atoms with Crippen LogP contribution < -0.4 is 10.2 Å². The van der Waals surface area contributed by atoms with Gasteiger partial charge in [-0.1, -0.05) is 0 Å². The zero-order valence-corrected chi connectivity index (χ0v) is 11.2. The van der Waals surface area contributed by atoms with E-state index in [0.717, 1.165) is 44.1 Å². The van der Waals surface area contributed by atoms with Gasteiger partial charge in [-0.15, -0.1) is 0 Å². The molecule has 2 aromatic heterocycles. The van der Waals surface area contributed by atoms with Gasteiger partial charge in [-0.25, -0.2) is 9.50 Å². The first-order valence-electron chi connectivity index (χ1n) is 6.67. The molecule has 6 heteroatoms. The average molecular weight is 261 g/mol. The normalized spacial score (nSPS) is 16.2. The number of hydrogen-bond donors (Lipinski definition) is 1. The van der Waals surface area contributed by atoms with Crippen LogP contribution in [0.25, 0.3) is 5.65 Å². The summed E-state index contributed by atoms with van der Waals surface area (Å²) < 4.78 is 6.89. The second-order valence-corrected chi connectivity index (χ2v) is 4.70. The van der Waals surface area contributed by atoms with E-state index in [9.17, 15) is 0 Å². The Morgan fingerprint density at radius 2 is 2.21 bits per heavy atom. The fourth-order valence-corrected chi connectivity index (χ4v) is 2.34. The fourth-order valence-electron chi connectivity index (χ4n) is 2.34. The Morgan fingerprint density at radius 1 is 1.37 bits per heavy atom. The maximum absolute atomic E-state index is 5.06. The quantitative estimate of drug-likeness (QED) is 0.859. The molecule has 6 nitrogen and oxygen atoms in total. The number of fused-ring (bicyclic) bond motifs is 1. The van der Waals surface area contributed by atoms with Gasteiger partial charge in [-0.2, -0.15) is 5.10 Å². The van der Waals surface area contributed by atoms with Crippen LogP contribution in [0.15, 0.2) is 18.3 Å².